The first kappa shape index (κ1) is 22.4. The van der Waals surface area contributed by atoms with Gasteiger partial charge in [-0.3, -0.25) is 9.59 Å². The van der Waals surface area contributed by atoms with E-state index < -0.39 is 17.7 Å². The van der Waals surface area contributed by atoms with Crippen LogP contribution < -0.4 is 9.47 Å². The Balaban J connectivity index is 2.19. The third-order valence-electron chi connectivity index (χ3n) is 5.50. The Morgan fingerprint density at radius 3 is 2.26 bits per heavy atom. The molecule has 1 unspecified atom stereocenters. The van der Waals surface area contributed by atoms with Crippen molar-refractivity contribution >= 4 is 17.4 Å². The lowest BCUT2D eigenvalue weighted by molar-refractivity contribution is -0.140. The predicted molar refractivity (Wildman–Crippen MR) is 116 cm³/mol. The van der Waals surface area contributed by atoms with E-state index in [1.165, 1.54) is 12.0 Å². The van der Waals surface area contributed by atoms with E-state index in [1.54, 1.807) is 50.6 Å². The molecule has 7 heteroatoms. The molecule has 1 aliphatic heterocycles. The molecule has 164 valence electrons. The van der Waals surface area contributed by atoms with E-state index >= 15 is 0 Å². The second kappa shape index (κ2) is 9.22. The Bertz CT molecular complexity index is 1030. The number of nitrogens with zero attached hydrogens (tertiary/aromatic N) is 1. The maximum atomic E-state index is 13.0. The number of aliphatic hydroxyl groups excluding tert-OH is 1. The standard InChI is InChI=1S/C24H27NO6/c1-14-13-19(31-5)15(2)12-18(14)22(26)20-21(16-6-8-17(30-4)9-7-16)25(10-11-29-3)24(28)23(20)27/h6-9,12-13,21,26H,10-11H2,1-5H3/b22-20+. The summed E-state index contributed by atoms with van der Waals surface area (Å²) in [4.78, 5) is 27.3. The van der Waals surface area contributed by atoms with Crippen molar-refractivity contribution in [3.8, 4) is 11.5 Å². The fraction of sp³-hybridized carbons (Fsp3) is 0.333. The largest absolute Gasteiger partial charge is 0.507 e. The molecule has 1 aliphatic rings. The summed E-state index contributed by atoms with van der Waals surface area (Å²) < 4.78 is 15.7. The molecule has 2 aromatic rings. The molecule has 1 saturated heterocycles. The van der Waals surface area contributed by atoms with Crippen LogP contribution >= 0.6 is 0 Å². The van der Waals surface area contributed by atoms with Gasteiger partial charge in [0.1, 0.15) is 17.3 Å². The van der Waals surface area contributed by atoms with Crippen LogP contribution in [0.3, 0.4) is 0 Å². The second-order valence-corrected chi connectivity index (χ2v) is 7.40. The van der Waals surface area contributed by atoms with Gasteiger partial charge in [-0.1, -0.05) is 12.1 Å². The van der Waals surface area contributed by atoms with Gasteiger partial charge < -0.3 is 24.2 Å². The van der Waals surface area contributed by atoms with Crippen molar-refractivity contribution in [2.75, 3.05) is 34.5 Å². The van der Waals surface area contributed by atoms with Gasteiger partial charge in [0.2, 0.25) is 0 Å². The number of ketones is 1. The maximum absolute atomic E-state index is 13.0. The van der Waals surface area contributed by atoms with Crippen molar-refractivity contribution < 1.29 is 28.9 Å². The number of methoxy groups -OCH3 is 3. The lowest BCUT2D eigenvalue weighted by Crippen LogP contribution is -2.32. The summed E-state index contributed by atoms with van der Waals surface area (Å²) >= 11 is 0. The molecule has 3 rings (SSSR count). The molecule has 1 atom stereocenters. The minimum atomic E-state index is -0.733. The first-order chi connectivity index (χ1) is 14.8. The summed E-state index contributed by atoms with van der Waals surface area (Å²) in [5.74, 6) is -0.257. The summed E-state index contributed by atoms with van der Waals surface area (Å²) in [5.41, 5.74) is 2.78. The van der Waals surface area contributed by atoms with Crippen LogP contribution in [0.15, 0.2) is 42.0 Å². The molecular formula is C24H27NO6. The number of hydrogen-bond donors (Lipinski definition) is 1. The molecule has 31 heavy (non-hydrogen) atoms. The highest BCUT2D eigenvalue weighted by molar-refractivity contribution is 6.46. The topological polar surface area (TPSA) is 85.3 Å². The minimum Gasteiger partial charge on any atom is -0.507 e. The van der Waals surface area contributed by atoms with Crippen LogP contribution in [0.1, 0.15) is 28.3 Å². The zero-order valence-electron chi connectivity index (χ0n) is 18.4. The maximum Gasteiger partial charge on any atom is 0.295 e. The molecule has 0 saturated carbocycles. The smallest absolute Gasteiger partial charge is 0.295 e. The van der Waals surface area contributed by atoms with Crippen molar-refractivity contribution in [3.05, 3.63) is 64.2 Å². The fourth-order valence-corrected chi connectivity index (χ4v) is 3.84. The first-order valence-electron chi connectivity index (χ1n) is 9.90. The van der Waals surface area contributed by atoms with Gasteiger partial charge in [-0.2, -0.15) is 0 Å². The monoisotopic (exact) mass is 425 g/mol. The molecule has 1 amide bonds. The molecule has 0 aliphatic carbocycles. The van der Waals surface area contributed by atoms with E-state index in [4.69, 9.17) is 14.2 Å². The van der Waals surface area contributed by atoms with Crippen LogP contribution in [0, 0.1) is 13.8 Å². The van der Waals surface area contributed by atoms with Gasteiger partial charge >= 0.3 is 0 Å². The van der Waals surface area contributed by atoms with Crippen molar-refractivity contribution in [1.29, 1.82) is 0 Å². The molecule has 0 bridgehead atoms. The van der Waals surface area contributed by atoms with Crippen LogP contribution in [-0.4, -0.2) is 56.2 Å². The van der Waals surface area contributed by atoms with Gasteiger partial charge in [0, 0.05) is 19.2 Å². The Labute approximate surface area is 181 Å². The van der Waals surface area contributed by atoms with Gasteiger partial charge in [0.15, 0.2) is 0 Å². The number of carbonyl (C=O) groups excluding carboxylic acids is 2. The third-order valence-corrected chi connectivity index (χ3v) is 5.50. The number of benzene rings is 2. The molecule has 2 aromatic carbocycles. The van der Waals surface area contributed by atoms with Crippen LogP contribution in [-0.2, 0) is 14.3 Å². The zero-order valence-corrected chi connectivity index (χ0v) is 18.4. The SMILES string of the molecule is COCCN1C(=O)C(=O)/C(=C(/O)c2cc(C)c(OC)cc2C)C1c1ccc(OC)cc1. The molecule has 0 aromatic heterocycles. The van der Waals surface area contributed by atoms with Gasteiger partial charge in [-0.15, -0.1) is 0 Å². The molecule has 1 N–H and O–H groups in total. The van der Waals surface area contributed by atoms with Crippen LogP contribution in [0.4, 0.5) is 0 Å². The minimum absolute atomic E-state index is 0.0546. The Hall–Kier alpha value is -3.32. The second-order valence-electron chi connectivity index (χ2n) is 7.40. The van der Waals surface area contributed by atoms with Crippen LogP contribution in [0.5, 0.6) is 11.5 Å². The summed E-state index contributed by atoms with van der Waals surface area (Å²) in [6.07, 6.45) is 0. The van der Waals surface area contributed by atoms with Crippen molar-refractivity contribution in [2.45, 2.75) is 19.9 Å². The van der Waals surface area contributed by atoms with Crippen LogP contribution in [0.2, 0.25) is 0 Å². The van der Waals surface area contributed by atoms with E-state index in [1.807, 2.05) is 13.8 Å². The molecule has 0 spiro atoms. The number of aryl methyl sites for hydroxylation is 2. The Kier molecular flexibility index (Phi) is 6.65. The van der Waals surface area contributed by atoms with Crippen molar-refractivity contribution in [3.63, 3.8) is 0 Å². The summed E-state index contributed by atoms with van der Waals surface area (Å²) in [6, 6.07) is 9.92. The Morgan fingerprint density at radius 2 is 1.68 bits per heavy atom. The molecule has 7 nitrogen and oxygen atoms in total. The zero-order chi connectivity index (χ0) is 22.7. The average molecular weight is 425 g/mol. The summed E-state index contributed by atoms with van der Waals surface area (Å²) in [7, 11) is 4.67. The lowest BCUT2D eigenvalue weighted by Gasteiger charge is -2.25. The number of rotatable bonds is 7. The number of aliphatic hydroxyl groups is 1. The van der Waals surface area contributed by atoms with E-state index in [2.05, 4.69) is 0 Å². The Morgan fingerprint density at radius 1 is 1.00 bits per heavy atom. The van der Waals surface area contributed by atoms with Gasteiger partial charge in [-0.05, 0) is 54.8 Å². The molecule has 0 radical (unpaired) electrons. The van der Waals surface area contributed by atoms with E-state index in [0.717, 1.165) is 11.1 Å². The number of likely N-dealkylation sites (tertiary alicyclic amines) is 1. The number of hydrogen-bond acceptors (Lipinski definition) is 6. The number of Topliss-reactive ketones (excluding diaryl/α,β-unsaturated/α-hetero) is 1. The van der Waals surface area contributed by atoms with Gasteiger partial charge in [-0.25, -0.2) is 0 Å². The number of ether oxygens (including phenoxy) is 3. The average Bonchev–Trinajstić information content (AvgIpc) is 3.03. The first-order valence-corrected chi connectivity index (χ1v) is 9.90. The van der Waals surface area contributed by atoms with Gasteiger partial charge in [0.25, 0.3) is 11.7 Å². The molecular weight excluding hydrogens is 398 g/mol. The quantitative estimate of drug-likeness (QED) is 0.416. The van der Waals surface area contributed by atoms with Gasteiger partial charge in [0.05, 0.1) is 32.4 Å². The highest BCUT2D eigenvalue weighted by atomic mass is 16.5. The molecule has 1 fully saturated rings. The van der Waals surface area contributed by atoms with E-state index in [0.29, 0.717) is 22.6 Å². The van der Waals surface area contributed by atoms with Crippen LogP contribution in [0.25, 0.3) is 5.76 Å². The fourth-order valence-electron chi connectivity index (χ4n) is 3.84. The lowest BCUT2D eigenvalue weighted by atomic mass is 9.93. The highest BCUT2D eigenvalue weighted by Crippen LogP contribution is 2.40. The van der Waals surface area contributed by atoms with Crippen molar-refractivity contribution in [2.24, 2.45) is 0 Å². The van der Waals surface area contributed by atoms with Crippen molar-refractivity contribution in [1.82, 2.24) is 4.90 Å². The summed E-state index contributed by atoms with van der Waals surface area (Å²) in [6.45, 7) is 4.16. The highest BCUT2D eigenvalue weighted by Gasteiger charge is 2.46. The third kappa shape index (κ3) is 4.14. The van der Waals surface area contributed by atoms with E-state index in [-0.39, 0.29) is 24.5 Å². The number of amides is 1. The summed E-state index contributed by atoms with van der Waals surface area (Å²) in [5, 5.41) is 11.2. The molecule has 1 heterocycles. The predicted octanol–water partition coefficient (Wildman–Crippen LogP) is 3.39. The van der Waals surface area contributed by atoms with E-state index in [9.17, 15) is 14.7 Å². The number of carbonyl (C=O) groups is 2. The normalized spacial score (nSPS) is 17.8.